The minimum absolute atomic E-state index is 0.109. The molecule has 0 saturated carbocycles. The van der Waals surface area contributed by atoms with Gasteiger partial charge in [0.15, 0.2) is 0 Å². The zero-order valence-corrected chi connectivity index (χ0v) is 23.3. The van der Waals surface area contributed by atoms with Crippen molar-refractivity contribution in [3.8, 4) is 18.2 Å². The van der Waals surface area contributed by atoms with Crippen molar-refractivity contribution in [3.05, 3.63) is 169 Å². The predicted molar refractivity (Wildman–Crippen MR) is 166 cm³/mol. The highest BCUT2D eigenvalue weighted by Gasteiger charge is 2.14. The SMILES string of the molecule is [C-]#[N+]C(C#N)=C(C(=C=N)/C=C/C=c1\c(=O)o\c(=C/C=C/C=C(C#N)/C(=C(\C#N)[N+]#[C-])c2ccccc2)n1C)c1ccccc1. The lowest BCUT2D eigenvalue weighted by Gasteiger charge is -2.07. The summed E-state index contributed by atoms with van der Waals surface area (Å²) in [4.78, 5) is 19.1. The normalized spacial score (nSPS) is 13.1. The number of benzene rings is 2. The average molecular weight is 572 g/mol. The minimum Gasteiger partial charge on any atom is -0.405 e. The van der Waals surface area contributed by atoms with Crippen LogP contribution in [0, 0.1) is 52.5 Å². The van der Waals surface area contributed by atoms with E-state index in [0.717, 1.165) is 0 Å². The van der Waals surface area contributed by atoms with Gasteiger partial charge in [0.1, 0.15) is 5.35 Å². The topological polar surface area (TPSA) is 139 Å². The van der Waals surface area contributed by atoms with Gasteiger partial charge in [-0.3, -0.25) is 5.41 Å². The number of hydrogen-bond donors (Lipinski definition) is 1. The monoisotopic (exact) mass is 571 g/mol. The van der Waals surface area contributed by atoms with Crippen LogP contribution < -0.4 is 16.5 Å². The first-order chi connectivity index (χ1) is 21.4. The van der Waals surface area contributed by atoms with Gasteiger partial charge in [0.2, 0.25) is 5.55 Å². The number of aromatic nitrogens is 1. The minimum atomic E-state index is -0.631. The summed E-state index contributed by atoms with van der Waals surface area (Å²) in [6, 6.07) is 23.1. The van der Waals surface area contributed by atoms with E-state index >= 15 is 0 Å². The third kappa shape index (κ3) is 7.30. The molecule has 0 spiro atoms. The van der Waals surface area contributed by atoms with Gasteiger partial charge in [0.05, 0.1) is 36.9 Å². The lowest BCUT2D eigenvalue weighted by molar-refractivity contribution is 0.472. The molecule has 1 aromatic heterocycles. The van der Waals surface area contributed by atoms with Gasteiger partial charge >= 0.3 is 5.63 Å². The molecule has 0 unspecified atom stereocenters. The molecule has 3 rings (SSSR count). The van der Waals surface area contributed by atoms with Gasteiger partial charge in [-0.1, -0.05) is 78.9 Å². The van der Waals surface area contributed by atoms with E-state index in [1.54, 1.807) is 73.8 Å². The van der Waals surface area contributed by atoms with Crippen LogP contribution >= 0.6 is 0 Å². The molecule has 0 amide bonds. The first-order valence-electron chi connectivity index (χ1n) is 12.7. The van der Waals surface area contributed by atoms with E-state index in [1.165, 1.54) is 41.0 Å². The molecule has 0 saturated heterocycles. The molecular weight excluding hydrogens is 550 g/mol. The maximum absolute atomic E-state index is 12.6. The molecule has 0 radical (unpaired) electrons. The molecule has 9 heteroatoms. The van der Waals surface area contributed by atoms with Crippen molar-refractivity contribution >= 4 is 29.2 Å². The second-order valence-corrected chi connectivity index (χ2v) is 8.61. The maximum atomic E-state index is 12.6. The number of oxazole rings is 1. The summed E-state index contributed by atoms with van der Waals surface area (Å²) in [5.74, 6) is 2.27. The Balaban J connectivity index is 1.99. The third-order valence-corrected chi connectivity index (χ3v) is 6.06. The zero-order chi connectivity index (χ0) is 31.9. The number of nitrogens with one attached hydrogen (secondary N) is 1. The number of nitriles is 3. The Morgan fingerprint density at radius 1 is 0.841 bits per heavy atom. The number of allylic oxidation sites excluding steroid dienone is 11. The van der Waals surface area contributed by atoms with Crippen LogP contribution in [0.1, 0.15) is 11.1 Å². The van der Waals surface area contributed by atoms with Crippen molar-refractivity contribution in [2.24, 2.45) is 7.05 Å². The summed E-state index contributed by atoms with van der Waals surface area (Å²) in [5.41, 5.74) is 1.02. The standard InChI is InChI=1S/C35H21N7O2/c1-40-29(23-38)33(25-13-6-4-7-14-25)27(21-36)17-10-11-20-32-42(3)31(35(43)44-32)19-12-18-28(22-37)34(30(24-39)41-2)26-15-8-5-9-16-26/h4-20,37H,3H3/b11-10+,18-12+,27-17+,31-19+,32-20-,33-29+,34-30?. The molecule has 208 valence electrons. The highest BCUT2D eigenvalue weighted by atomic mass is 16.4. The van der Waals surface area contributed by atoms with Gasteiger partial charge < -0.3 is 8.98 Å². The van der Waals surface area contributed by atoms with E-state index in [2.05, 4.69) is 15.6 Å². The fourth-order valence-corrected chi connectivity index (χ4v) is 4.01. The van der Waals surface area contributed by atoms with Crippen molar-refractivity contribution < 1.29 is 4.42 Å². The van der Waals surface area contributed by atoms with Crippen molar-refractivity contribution in [1.29, 1.82) is 21.2 Å². The van der Waals surface area contributed by atoms with Crippen LogP contribution in [0.25, 0.3) is 33.0 Å². The van der Waals surface area contributed by atoms with Crippen molar-refractivity contribution in [1.82, 2.24) is 4.57 Å². The summed E-state index contributed by atoms with van der Waals surface area (Å²) in [5, 5.41) is 36.6. The predicted octanol–water partition coefficient (Wildman–Crippen LogP) is 4.98. The maximum Gasteiger partial charge on any atom is 0.361 e. The second kappa shape index (κ2) is 15.5. The largest absolute Gasteiger partial charge is 0.405 e. The molecule has 0 bridgehead atoms. The smallest absolute Gasteiger partial charge is 0.361 e. The van der Waals surface area contributed by atoms with Gasteiger partial charge in [-0.05, 0) is 41.3 Å². The van der Waals surface area contributed by atoms with Gasteiger partial charge in [0, 0.05) is 23.8 Å². The van der Waals surface area contributed by atoms with Crippen LogP contribution in [0.2, 0.25) is 0 Å². The van der Waals surface area contributed by atoms with Gasteiger partial charge in [-0.2, -0.15) is 5.26 Å². The quantitative estimate of drug-likeness (QED) is 0.176. The van der Waals surface area contributed by atoms with Crippen molar-refractivity contribution in [2.75, 3.05) is 0 Å². The molecule has 2 aromatic carbocycles. The summed E-state index contributed by atoms with van der Waals surface area (Å²) in [6.07, 6.45) is 10.5. The molecule has 3 aromatic rings. The fraction of sp³-hybridized carbons (Fsp3) is 0.0286. The van der Waals surface area contributed by atoms with Gasteiger partial charge in [0.25, 0.3) is 11.4 Å². The summed E-state index contributed by atoms with van der Waals surface area (Å²) < 4.78 is 6.84. The lowest BCUT2D eigenvalue weighted by atomic mass is 9.96. The van der Waals surface area contributed by atoms with Crippen LogP contribution in [-0.2, 0) is 7.05 Å². The number of hydrogen-bond acceptors (Lipinski definition) is 6. The van der Waals surface area contributed by atoms with Crippen molar-refractivity contribution in [3.63, 3.8) is 0 Å². The Morgan fingerprint density at radius 3 is 1.93 bits per heavy atom. The molecule has 9 nitrogen and oxygen atoms in total. The number of rotatable bonds is 8. The van der Waals surface area contributed by atoms with E-state index < -0.39 is 5.63 Å². The Kier molecular flexibility index (Phi) is 11.1. The average Bonchev–Trinajstić information content (AvgIpc) is 3.33. The second-order valence-electron chi connectivity index (χ2n) is 8.61. The number of nitrogens with zero attached hydrogens (tertiary/aromatic N) is 6. The Labute approximate surface area is 253 Å². The Morgan fingerprint density at radius 2 is 1.41 bits per heavy atom. The van der Waals surface area contributed by atoms with E-state index in [1.807, 2.05) is 18.2 Å². The summed E-state index contributed by atoms with van der Waals surface area (Å²) in [7, 11) is 1.61. The van der Waals surface area contributed by atoms with Crippen LogP contribution in [0.5, 0.6) is 0 Å². The summed E-state index contributed by atoms with van der Waals surface area (Å²) in [6.45, 7) is 14.7. The highest BCUT2D eigenvalue weighted by molar-refractivity contribution is 5.94. The van der Waals surface area contributed by atoms with Crippen LogP contribution in [-0.4, -0.2) is 10.4 Å². The van der Waals surface area contributed by atoms with Crippen LogP contribution in [0.4, 0.5) is 0 Å². The molecule has 0 aliphatic rings. The van der Waals surface area contributed by atoms with Crippen LogP contribution in [0.3, 0.4) is 0 Å². The molecule has 1 N–H and O–H groups in total. The first-order valence-corrected chi connectivity index (χ1v) is 12.7. The zero-order valence-electron chi connectivity index (χ0n) is 23.3. The van der Waals surface area contributed by atoms with Crippen molar-refractivity contribution in [2.45, 2.75) is 0 Å². The van der Waals surface area contributed by atoms with Gasteiger partial charge in [-0.25, -0.2) is 25.0 Å². The van der Waals surface area contributed by atoms with Crippen LogP contribution in [0.15, 0.2) is 123 Å². The van der Waals surface area contributed by atoms with E-state index in [0.29, 0.717) is 11.1 Å². The molecule has 0 atom stereocenters. The van der Waals surface area contributed by atoms with E-state index in [-0.39, 0.29) is 44.6 Å². The molecule has 1 heterocycles. The lowest BCUT2D eigenvalue weighted by Crippen LogP contribution is -2.29. The Bertz CT molecular complexity index is 2150. The highest BCUT2D eigenvalue weighted by Crippen LogP contribution is 2.28. The van der Waals surface area contributed by atoms with Gasteiger partial charge in [-0.15, -0.1) is 0 Å². The van der Waals surface area contributed by atoms with E-state index in [4.69, 9.17) is 23.0 Å². The van der Waals surface area contributed by atoms with E-state index in [9.17, 15) is 20.6 Å². The first kappa shape index (κ1) is 31.3. The fourth-order valence-electron chi connectivity index (χ4n) is 4.01. The molecule has 0 aliphatic heterocycles. The Hall–Kier alpha value is -7.21. The molecule has 0 fully saturated rings. The third-order valence-electron chi connectivity index (χ3n) is 6.06. The molecular formula is C35H21N7O2. The molecule has 0 aliphatic carbocycles. The molecule has 44 heavy (non-hydrogen) atoms. The summed E-state index contributed by atoms with van der Waals surface area (Å²) >= 11 is 0.